The molecule has 0 bridgehead atoms. The fourth-order valence-corrected chi connectivity index (χ4v) is 2.30. The summed E-state index contributed by atoms with van der Waals surface area (Å²) >= 11 is 0. The van der Waals surface area contributed by atoms with Crippen molar-refractivity contribution in [2.75, 3.05) is 19.6 Å². The van der Waals surface area contributed by atoms with Crippen LogP contribution in [0.4, 0.5) is 0 Å². The number of rotatable bonds is 6. The molecule has 15 heavy (non-hydrogen) atoms. The van der Waals surface area contributed by atoms with Crippen molar-refractivity contribution in [2.24, 2.45) is 5.41 Å². The highest BCUT2D eigenvalue weighted by atomic mass is 15.0. The van der Waals surface area contributed by atoms with Crippen molar-refractivity contribution >= 4 is 0 Å². The Morgan fingerprint density at radius 3 is 2.87 bits per heavy atom. The second kappa shape index (κ2) is 6.49. The summed E-state index contributed by atoms with van der Waals surface area (Å²) in [5.74, 6) is 0. The van der Waals surface area contributed by atoms with E-state index in [9.17, 15) is 0 Å². The van der Waals surface area contributed by atoms with Crippen molar-refractivity contribution in [3.63, 3.8) is 0 Å². The first kappa shape index (κ1) is 13.0. The number of hydrogen-bond donors (Lipinski definition) is 2. The largest absolute Gasteiger partial charge is 0.316 e. The maximum atomic E-state index is 3.69. The van der Waals surface area contributed by atoms with E-state index in [1.165, 1.54) is 51.7 Å². The van der Waals surface area contributed by atoms with Crippen LogP contribution in [0.1, 0.15) is 52.9 Å². The molecule has 2 unspecified atom stereocenters. The second-order valence-electron chi connectivity index (χ2n) is 5.52. The van der Waals surface area contributed by atoms with Crippen LogP contribution >= 0.6 is 0 Å². The standard InChI is InChI=1S/C13H28N2/c1-4-5-7-12(2)15-11-13(3)8-6-9-14-10-13/h12,14-15H,4-11H2,1-3H3. The number of piperidine rings is 1. The molecule has 1 aliphatic heterocycles. The Hall–Kier alpha value is -0.0800. The van der Waals surface area contributed by atoms with E-state index >= 15 is 0 Å². The minimum absolute atomic E-state index is 0.485. The van der Waals surface area contributed by atoms with Gasteiger partial charge in [-0.3, -0.25) is 0 Å². The van der Waals surface area contributed by atoms with Crippen molar-refractivity contribution < 1.29 is 0 Å². The molecule has 2 atom stereocenters. The number of hydrogen-bond acceptors (Lipinski definition) is 2. The predicted molar refractivity (Wildman–Crippen MR) is 67.2 cm³/mol. The van der Waals surface area contributed by atoms with E-state index in [0.29, 0.717) is 11.5 Å². The van der Waals surface area contributed by atoms with E-state index in [4.69, 9.17) is 0 Å². The van der Waals surface area contributed by atoms with E-state index < -0.39 is 0 Å². The lowest BCUT2D eigenvalue weighted by Gasteiger charge is -2.35. The lowest BCUT2D eigenvalue weighted by Crippen LogP contribution is -2.46. The zero-order chi connectivity index (χ0) is 11.1. The first-order valence-corrected chi connectivity index (χ1v) is 6.60. The molecule has 0 aromatic carbocycles. The van der Waals surface area contributed by atoms with E-state index in [0.717, 1.165) is 0 Å². The van der Waals surface area contributed by atoms with Crippen molar-refractivity contribution in [1.29, 1.82) is 0 Å². The van der Waals surface area contributed by atoms with Crippen molar-refractivity contribution in [1.82, 2.24) is 10.6 Å². The van der Waals surface area contributed by atoms with Gasteiger partial charge in [0.1, 0.15) is 0 Å². The fraction of sp³-hybridized carbons (Fsp3) is 1.00. The van der Waals surface area contributed by atoms with Gasteiger partial charge >= 0.3 is 0 Å². The third kappa shape index (κ3) is 4.98. The van der Waals surface area contributed by atoms with E-state index in [2.05, 4.69) is 31.4 Å². The van der Waals surface area contributed by atoms with E-state index in [-0.39, 0.29) is 0 Å². The van der Waals surface area contributed by atoms with Gasteiger partial charge in [0.2, 0.25) is 0 Å². The van der Waals surface area contributed by atoms with Gasteiger partial charge in [-0.15, -0.1) is 0 Å². The van der Waals surface area contributed by atoms with Gasteiger partial charge in [0.25, 0.3) is 0 Å². The van der Waals surface area contributed by atoms with Crippen LogP contribution in [0.3, 0.4) is 0 Å². The van der Waals surface area contributed by atoms with Gasteiger partial charge in [-0.05, 0) is 38.1 Å². The molecule has 2 heteroatoms. The minimum Gasteiger partial charge on any atom is -0.316 e. The molecule has 0 spiro atoms. The fourth-order valence-electron chi connectivity index (χ4n) is 2.30. The van der Waals surface area contributed by atoms with E-state index in [1.54, 1.807) is 0 Å². The first-order chi connectivity index (χ1) is 7.16. The summed E-state index contributed by atoms with van der Waals surface area (Å²) in [5.41, 5.74) is 0.485. The third-order valence-corrected chi connectivity index (χ3v) is 3.55. The van der Waals surface area contributed by atoms with Crippen LogP contribution in [0.15, 0.2) is 0 Å². The van der Waals surface area contributed by atoms with E-state index in [1.807, 2.05) is 0 Å². The molecule has 0 amide bonds. The van der Waals surface area contributed by atoms with Crippen LogP contribution in [-0.2, 0) is 0 Å². The van der Waals surface area contributed by atoms with Crippen molar-refractivity contribution in [3.05, 3.63) is 0 Å². The average Bonchev–Trinajstić information content (AvgIpc) is 2.25. The van der Waals surface area contributed by atoms with Crippen molar-refractivity contribution in [2.45, 2.75) is 58.9 Å². The number of nitrogens with one attached hydrogen (secondary N) is 2. The molecular formula is C13H28N2. The van der Waals surface area contributed by atoms with Gasteiger partial charge in [0.15, 0.2) is 0 Å². The highest BCUT2D eigenvalue weighted by Crippen LogP contribution is 2.24. The average molecular weight is 212 g/mol. The van der Waals surface area contributed by atoms with Gasteiger partial charge in [-0.1, -0.05) is 26.7 Å². The lowest BCUT2D eigenvalue weighted by molar-refractivity contribution is 0.218. The molecule has 2 nitrogen and oxygen atoms in total. The molecule has 1 heterocycles. The smallest absolute Gasteiger partial charge is 0.00389 e. The molecule has 0 radical (unpaired) electrons. The normalized spacial score (nSPS) is 29.0. The topological polar surface area (TPSA) is 24.1 Å². The Morgan fingerprint density at radius 2 is 2.27 bits per heavy atom. The van der Waals surface area contributed by atoms with Gasteiger partial charge in [-0.2, -0.15) is 0 Å². The van der Waals surface area contributed by atoms with Gasteiger partial charge < -0.3 is 10.6 Å². The number of unbranched alkanes of at least 4 members (excludes halogenated alkanes) is 1. The van der Waals surface area contributed by atoms with Crippen LogP contribution < -0.4 is 10.6 Å². The maximum Gasteiger partial charge on any atom is 0.00389 e. The molecule has 1 rings (SSSR count). The molecule has 0 aromatic rings. The molecule has 0 aliphatic carbocycles. The summed E-state index contributed by atoms with van der Waals surface area (Å²) in [6.07, 6.45) is 6.68. The van der Waals surface area contributed by atoms with Crippen LogP contribution in [0.25, 0.3) is 0 Å². The third-order valence-electron chi connectivity index (χ3n) is 3.55. The Labute approximate surface area is 95.2 Å². The zero-order valence-corrected chi connectivity index (χ0v) is 10.7. The highest BCUT2D eigenvalue weighted by molar-refractivity contribution is 4.84. The Balaban J connectivity index is 2.16. The summed E-state index contributed by atoms with van der Waals surface area (Å²) in [7, 11) is 0. The van der Waals surface area contributed by atoms with Crippen LogP contribution in [-0.4, -0.2) is 25.7 Å². The van der Waals surface area contributed by atoms with Crippen LogP contribution in [0, 0.1) is 5.41 Å². The molecule has 0 aromatic heterocycles. The van der Waals surface area contributed by atoms with Crippen molar-refractivity contribution in [3.8, 4) is 0 Å². The molecule has 1 aliphatic rings. The molecule has 2 N–H and O–H groups in total. The van der Waals surface area contributed by atoms with Gasteiger partial charge in [0, 0.05) is 19.1 Å². The second-order valence-corrected chi connectivity index (χ2v) is 5.52. The lowest BCUT2D eigenvalue weighted by atomic mass is 9.82. The quantitative estimate of drug-likeness (QED) is 0.707. The summed E-state index contributed by atoms with van der Waals surface area (Å²) in [6, 6.07) is 0.684. The first-order valence-electron chi connectivity index (χ1n) is 6.60. The van der Waals surface area contributed by atoms with Gasteiger partial charge in [0.05, 0.1) is 0 Å². The summed E-state index contributed by atoms with van der Waals surface area (Å²) in [5, 5.41) is 7.19. The Bertz CT molecular complexity index is 162. The molecule has 90 valence electrons. The zero-order valence-electron chi connectivity index (χ0n) is 10.7. The Kier molecular flexibility index (Phi) is 5.62. The Morgan fingerprint density at radius 1 is 1.47 bits per heavy atom. The summed E-state index contributed by atoms with van der Waals surface area (Å²) < 4.78 is 0. The SMILES string of the molecule is CCCCC(C)NCC1(C)CCCNC1. The molecule has 0 saturated carbocycles. The molecule has 1 fully saturated rings. The van der Waals surface area contributed by atoms with Crippen LogP contribution in [0.5, 0.6) is 0 Å². The predicted octanol–water partition coefficient (Wildman–Crippen LogP) is 2.54. The monoisotopic (exact) mass is 212 g/mol. The summed E-state index contributed by atoms with van der Waals surface area (Å²) in [4.78, 5) is 0. The molecule has 1 saturated heterocycles. The van der Waals surface area contributed by atoms with Gasteiger partial charge in [-0.25, -0.2) is 0 Å². The van der Waals surface area contributed by atoms with Crippen LogP contribution in [0.2, 0.25) is 0 Å². The summed E-state index contributed by atoms with van der Waals surface area (Å²) in [6.45, 7) is 10.5. The molecular weight excluding hydrogens is 184 g/mol. The maximum absolute atomic E-state index is 3.69. The minimum atomic E-state index is 0.485. The highest BCUT2D eigenvalue weighted by Gasteiger charge is 2.26.